The van der Waals surface area contributed by atoms with Crippen LogP contribution in [-0.2, 0) is 25.7 Å². The maximum atomic E-state index is 13.0. The summed E-state index contributed by atoms with van der Waals surface area (Å²) in [5.41, 5.74) is 0.229. The minimum Gasteiger partial charge on any atom is -0.463 e. The summed E-state index contributed by atoms with van der Waals surface area (Å²) in [6.07, 6.45) is 6.05. The van der Waals surface area contributed by atoms with Crippen molar-refractivity contribution >= 4 is 17.8 Å². The molecule has 0 unspecified atom stereocenters. The zero-order valence-electron chi connectivity index (χ0n) is 18.5. The lowest BCUT2D eigenvalue weighted by molar-refractivity contribution is -0.147. The fourth-order valence-electron chi connectivity index (χ4n) is 3.39. The molecule has 1 aliphatic rings. The minimum absolute atomic E-state index is 0.0406. The second-order valence-electron chi connectivity index (χ2n) is 8.56. The number of rotatable bonds is 6. The van der Waals surface area contributed by atoms with E-state index in [0.717, 1.165) is 5.56 Å². The van der Waals surface area contributed by atoms with Crippen LogP contribution in [0.5, 0.6) is 0 Å². The Hall–Kier alpha value is -2.67. The van der Waals surface area contributed by atoms with Crippen molar-refractivity contribution in [3.8, 4) is 0 Å². The molecule has 7 heteroatoms. The van der Waals surface area contributed by atoms with Crippen LogP contribution in [0.4, 0.5) is 0 Å². The van der Waals surface area contributed by atoms with Crippen molar-refractivity contribution in [3.63, 3.8) is 0 Å². The molecule has 0 radical (unpaired) electrons. The third kappa shape index (κ3) is 8.92. The first-order valence-electron chi connectivity index (χ1n) is 10.9. The number of hydrogen-bond donors (Lipinski definition) is 2. The number of amides is 2. The van der Waals surface area contributed by atoms with Crippen LogP contribution in [0.3, 0.4) is 0 Å². The molecule has 2 rings (SSSR count). The molecule has 0 aliphatic carbocycles. The molecule has 1 atom stereocenters. The van der Waals surface area contributed by atoms with Crippen LogP contribution in [-0.4, -0.2) is 53.1 Å². The lowest BCUT2D eigenvalue weighted by Gasteiger charge is -2.29. The van der Waals surface area contributed by atoms with E-state index < -0.39 is 11.5 Å². The first kappa shape index (κ1) is 24.6. The monoisotopic (exact) mass is 430 g/mol. The predicted molar refractivity (Wildman–Crippen MR) is 118 cm³/mol. The number of carbonyl (C=O) groups excluding carboxylic acids is 3. The van der Waals surface area contributed by atoms with Gasteiger partial charge in [0.25, 0.3) is 0 Å². The Morgan fingerprint density at radius 2 is 1.97 bits per heavy atom. The van der Waals surface area contributed by atoms with Crippen LogP contribution in [0.2, 0.25) is 0 Å². The van der Waals surface area contributed by atoms with E-state index in [-0.39, 0.29) is 44.0 Å². The molecule has 0 saturated carbocycles. The van der Waals surface area contributed by atoms with Gasteiger partial charge >= 0.3 is 5.97 Å². The molecule has 170 valence electrons. The van der Waals surface area contributed by atoms with Gasteiger partial charge in [-0.15, -0.1) is 0 Å². The molecule has 1 aliphatic heterocycles. The predicted octanol–water partition coefficient (Wildman–Crippen LogP) is 2.58. The van der Waals surface area contributed by atoms with E-state index in [4.69, 9.17) is 4.74 Å². The number of esters is 1. The Morgan fingerprint density at radius 1 is 1.23 bits per heavy atom. The number of aliphatic hydroxyl groups excluding tert-OH is 1. The molecule has 1 heterocycles. The summed E-state index contributed by atoms with van der Waals surface area (Å²) in [6, 6.07) is 9.56. The molecular formula is C24H34N2O5. The molecule has 0 spiro atoms. The van der Waals surface area contributed by atoms with Gasteiger partial charge in [-0.05, 0) is 38.7 Å². The fourth-order valence-corrected chi connectivity index (χ4v) is 3.39. The molecule has 31 heavy (non-hydrogen) atoms. The van der Waals surface area contributed by atoms with Crippen LogP contribution in [0.15, 0.2) is 42.5 Å². The number of aliphatic hydroxyl groups is 1. The van der Waals surface area contributed by atoms with Crippen LogP contribution in [0.1, 0.15) is 51.5 Å². The molecule has 0 bridgehead atoms. The lowest BCUT2D eigenvalue weighted by atomic mass is 9.96. The average molecular weight is 431 g/mol. The average Bonchev–Trinajstić information content (AvgIpc) is 2.74. The summed E-state index contributed by atoms with van der Waals surface area (Å²) < 4.78 is 5.29. The Kier molecular flexibility index (Phi) is 9.72. The molecule has 7 nitrogen and oxygen atoms in total. The third-order valence-corrected chi connectivity index (χ3v) is 5.13. The number of cyclic esters (lactones) is 1. The third-order valence-electron chi connectivity index (χ3n) is 5.13. The number of carbonyl (C=O) groups is 3. The highest BCUT2D eigenvalue weighted by Crippen LogP contribution is 2.17. The summed E-state index contributed by atoms with van der Waals surface area (Å²) in [5.74, 6) is -1.25. The van der Waals surface area contributed by atoms with Gasteiger partial charge in [0.1, 0.15) is 6.61 Å². The summed E-state index contributed by atoms with van der Waals surface area (Å²) in [5, 5.41) is 12.3. The molecule has 0 fully saturated rings. The number of hydrogen-bond acceptors (Lipinski definition) is 5. The lowest BCUT2D eigenvalue weighted by Crippen LogP contribution is -2.50. The second-order valence-corrected chi connectivity index (χ2v) is 8.56. The maximum Gasteiger partial charge on any atom is 0.305 e. The molecule has 0 aromatic heterocycles. The van der Waals surface area contributed by atoms with E-state index in [1.165, 1.54) is 0 Å². The summed E-state index contributed by atoms with van der Waals surface area (Å²) >= 11 is 0. The van der Waals surface area contributed by atoms with Gasteiger partial charge in [0, 0.05) is 25.9 Å². The summed E-state index contributed by atoms with van der Waals surface area (Å²) in [6.45, 7) is 4.11. The van der Waals surface area contributed by atoms with Crippen molar-refractivity contribution in [1.82, 2.24) is 10.2 Å². The van der Waals surface area contributed by atoms with E-state index in [1.54, 1.807) is 18.7 Å². The van der Waals surface area contributed by atoms with Crippen molar-refractivity contribution in [2.75, 3.05) is 19.8 Å². The van der Waals surface area contributed by atoms with Gasteiger partial charge in [-0.1, -0.05) is 42.5 Å². The Balaban J connectivity index is 2.11. The van der Waals surface area contributed by atoms with Crippen LogP contribution in [0.25, 0.3) is 0 Å². The highest BCUT2D eigenvalue weighted by Gasteiger charge is 2.29. The first-order chi connectivity index (χ1) is 14.8. The van der Waals surface area contributed by atoms with Gasteiger partial charge in [-0.2, -0.15) is 0 Å². The maximum absolute atomic E-state index is 13.0. The topological polar surface area (TPSA) is 95.9 Å². The molecule has 2 N–H and O–H groups in total. The molecule has 1 aromatic carbocycles. The van der Waals surface area contributed by atoms with Crippen molar-refractivity contribution in [2.45, 2.75) is 58.0 Å². The normalized spacial score (nSPS) is 19.9. The summed E-state index contributed by atoms with van der Waals surface area (Å²) in [4.78, 5) is 39.4. The van der Waals surface area contributed by atoms with E-state index in [0.29, 0.717) is 32.2 Å². The Labute approximate surface area is 184 Å². The van der Waals surface area contributed by atoms with Gasteiger partial charge < -0.3 is 20.1 Å². The van der Waals surface area contributed by atoms with Crippen molar-refractivity contribution < 1.29 is 24.2 Å². The quantitative estimate of drug-likeness (QED) is 0.534. The zero-order chi connectivity index (χ0) is 22.7. The van der Waals surface area contributed by atoms with E-state index in [9.17, 15) is 19.5 Å². The van der Waals surface area contributed by atoms with Gasteiger partial charge in [0.2, 0.25) is 11.8 Å². The largest absolute Gasteiger partial charge is 0.463 e. The zero-order valence-corrected chi connectivity index (χ0v) is 18.5. The number of nitrogens with zero attached hydrogens (tertiary/aromatic N) is 1. The Bertz CT molecular complexity index is 760. The van der Waals surface area contributed by atoms with E-state index >= 15 is 0 Å². The summed E-state index contributed by atoms with van der Waals surface area (Å²) in [7, 11) is 0. The van der Waals surface area contributed by atoms with Crippen LogP contribution in [0, 0.1) is 5.92 Å². The van der Waals surface area contributed by atoms with E-state index in [2.05, 4.69) is 5.32 Å². The molecule has 2 amide bonds. The van der Waals surface area contributed by atoms with Gasteiger partial charge in [0.15, 0.2) is 0 Å². The van der Waals surface area contributed by atoms with Crippen molar-refractivity contribution in [2.24, 2.45) is 5.92 Å². The number of benzene rings is 1. The number of allylic oxidation sites excluding steroid dienone is 2. The molecule has 1 aromatic rings. The van der Waals surface area contributed by atoms with Crippen molar-refractivity contribution in [3.05, 3.63) is 48.0 Å². The second kappa shape index (κ2) is 12.2. The minimum atomic E-state index is -0.735. The smallest absolute Gasteiger partial charge is 0.305 e. The standard InChI is InChI=1S/C24H34N2O5/c1-24(2)18-31-22(29)13-9-4-3-8-12-20(23(30)25-24)16-21(28)26(14-15-27)17-19-10-6-5-7-11-19/h3,5-8,10-11,20,27H,4,9,12-18H2,1-2H3,(H,25,30)/t20-/m1/s1. The van der Waals surface area contributed by atoms with Crippen LogP contribution >= 0.6 is 0 Å². The SMILES string of the molecule is CC1(C)COC(=O)CCCC=CC[C@H](CC(=O)N(CCO)Cc2ccccc2)C(=O)N1. The highest BCUT2D eigenvalue weighted by molar-refractivity contribution is 5.86. The van der Waals surface area contributed by atoms with Gasteiger partial charge in [0.05, 0.1) is 18.1 Å². The molecular weight excluding hydrogens is 396 g/mol. The number of ether oxygens (including phenoxy) is 1. The van der Waals surface area contributed by atoms with Gasteiger partial charge in [-0.25, -0.2) is 0 Å². The van der Waals surface area contributed by atoms with Crippen LogP contribution < -0.4 is 5.32 Å². The van der Waals surface area contributed by atoms with E-state index in [1.807, 2.05) is 42.5 Å². The Morgan fingerprint density at radius 3 is 2.68 bits per heavy atom. The molecule has 0 saturated heterocycles. The number of nitrogens with one attached hydrogen (secondary N) is 1. The fraction of sp³-hybridized carbons (Fsp3) is 0.542. The van der Waals surface area contributed by atoms with Gasteiger partial charge in [-0.3, -0.25) is 14.4 Å². The first-order valence-corrected chi connectivity index (χ1v) is 10.9. The van der Waals surface area contributed by atoms with Crippen molar-refractivity contribution in [1.29, 1.82) is 0 Å². The highest BCUT2D eigenvalue weighted by atomic mass is 16.5.